The minimum Gasteiger partial charge on any atom is -0.379 e. The summed E-state index contributed by atoms with van der Waals surface area (Å²) in [5.74, 6) is -0.0433. The molecule has 0 saturated carbocycles. The maximum absolute atomic E-state index is 11.6. The van der Waals surface area contributed by atoms with Crippen molar-refractivity contribution in [2.24, 2.45) is 0 Å². The van der Waals surface area contributed by atoms with Crippen molar-refractivity contribution in [2.75, 3.05) is 39.4 Å². The minimum atomic E-state index is -0.0433. The van der Waals surface area contributed by atoms with Gasteiger partial charge < -0.3 is 15.0 Å². The summed E-state index contributed by atoms with van der Waals surface area (Å²) in [6.45, 7) is 5.07. The van der Waals surface area contributed by atoms with E-state index in [1.165, 1.54) is 0 Å². The van der Waals surface area contributed by atoms with Gasteiger partial charge in [-0.25, -0.2) is 0 Å². The van der Waals surface area contributed by atoms with Crippen LogP contribution in [-0.2, 0) is 4.74 Å². The first-order valence-electron chi connectivity index (χ1n) is 5.58. The molecule has 5 nitrogen and oxygen atoms in total. The van der Waals surface area contributed by atoms with E-state index in [1.54, 1.807) is 12.3 Å². The maximum Gasteiger partial charge on any atom is 0.267 e. The summed E-state index contributed by atoms with van der Waals surface area (Å²) in [7, 11) is 0. The minimum absolute atomic E-state index is 0.0433. The van der Waals surface area contributed by atoms with Crippen LogP contribution in [0.3, 0.4) is 0 Å². The average molecular weight is 223 g/mol. The van der Waals surface area contributed by atoms with Crippen LogP contribution in [0.25, 0.3) is 0 Å². The van der Waals surface area contributed by atoms with Crippen LogP contribution in [0.4, 0.5) is 0 Å². The summed E-state index contributed by atoms with van der Waals surface area (Å²) in [5, 5.41) is 2.88. The van der Waals surface area contributed by atoms with E-state index in [4.69, 9.17) is 4.74 Å². The third-order valence-corrected chi connectivity index (χ3v) is 2.66. The normalized spacial score (nSPS) is 17.2. The van der Waals surface area contributed by atoms with Crippen molar-refractivity contribution < 1.29 is 9.53 Å². The lowest BCUT2D eigenvalue weighted by Crippen LogP contribution is -2.41. The quantitative estimate of drug-likeness (QED) is 0.760. The van der Waals surface area contributed by atoms with Gasteiger partial charge in [-0.1, -0.05) is 0 Å². The zero-order valence-corrected chi connectivity index (χ0v) is 9.24. The Hall–Kier alpha value is -1.33. The number of aromatic amines is 1. The van der Waals surface area contributed by atoms with Gasteiger partial charge in [0.2, 0.25) is 0 Å². The number of ether oxygens (including phenoxy) is 1. The third kappa shape index (κ3) is 3.08. The number of H-pyrrole nitrogens is 1. The molecule has 88 valence electrons. The Bertz CT molecular complexity index is 318. The zero-order valence-electron chi connectivity index (χ0n) is 9.24. The van der Waals surface area contributed by atoms with Crippen molar-refractivity contribution in [3.63, 3.8) is 0 Å². The summed E-state index contributed by atoms with van der Waals surface area (Å²) in [6.07, 6.45) is 1.75. The van der Waals surface area contributed by atoms with Crippen LogP contribution >= 0.6 is 0 Å². The molecular weight excluding hydrogens is 206 g/mol. The Labute approximate surface area is 94.8 Å². The smallest absolute Gasteiger partial charge is 0.267 e. The van der Waals surface area contributed by atoms with Gasteiger partial charge in [0.05, 0.1) is 13.2 Å². The van der Waals surface area contributed by atoms with Gasteiger partial charge in [0.15, 0.2) is 0 Å². The molecule has 0 unspecified atom stereocenters. The molecule has 1 aliphatic heterocycles. The first kappa shape index (κ1) is 11.2. The molecule has 1 aromatic rings. The van der Waals surface area contributed by atoms with Crippen molar-refractivity contribution in [1.29, 1.82) is 0 Å². The van der Waals surface area contributed by atoms with Crippen LogP contribution in [-0.4, -0.2) is 55.2 Å². The van der Waals surface area contributed by atoms with Crippen molar-refractivity contribution in [2.45, 2.75) is 0 Å². The van der Waals surface area contributed by atoms with Gasteiger partial charge in [0, 0.05) is 32.4 Å². The van der Waals surface area contributed by atoms with Crippen molar-refractivity contribution >= 4 is 5.91 Å². The number of carbonyl (C=O) groups excluding carboxylic acids is 1. The second-order valence-corrected chi connectivity index (χ2v) is 3.79. The molecule has 16 heavy (non-hydrogen) atoms. The van der Waals surface area contributed by atoms with Gasteiger partial charge in [-0.3, -0.25) is 9.69 Å². The van der Waals surface area contributed by atoms with Gasteiger partial charge in [-0.15, -0.1) is 0 Å². The molecule has 0 atom stereocenters. The molecule has 1 fully saturated rings. The highest BCUT2D eigenvalue weighted by atomic mass is 16.5. The van der Waals surface area contributed by atoms with Crippen LogP contribution in [0.15, 0.2) is 18.3 Å². The van der Waals surface area contributed by atoms with Gasteiger partial charge in [-0.2, -0.15) is 0 Å². The highest BCUT2D eigenvalue weighted by molar-refractivity contribution is 5.92. The number of amides is 1. The maximum atomic E-state index is 11.6. The van der Waals surface area contributed by atoms with Crippen LogP contribution < -0.4 is 5.32 Å². The van der Waals surface area contributed by atoms with E-state index in [2.05, 4.69) is 15.2 Å². The van der Waals surface area contributed by atoms with Crippen molar-refractivity contribution in [3.8, 4) is 0 Å². The van der Waals surface area contributed by atoms with Crippen LogP contribution in [0, 0.1) is 0 Å². The number of nitrogens with zero attached hydrogens (tertiary/aromatic N) is 1. The Morgan fingerprint density at radius 3 is 3.00 bits per heavy atom. The molecule has 2 rings (SSSR count). The number of rotatable bonds is 4. The SMILES string of the molecule is O=C(NCCN1CCOCC1)c1ccc[nH]1. The van der Waals surface area contributed by atoms with E-state index in [0.29, 0.717) is 12.2 Å². The fourth-order valence-electron chi connectivity index (χ4n) is 1.72. The number of nitrogens with one attached hydrogen (secondary N) is 2. The summed E-state index contributed by atoms with van der Waals surface area (Å²) >= 11 is 0. The van der Waals surface area contributed by atoms with E-state index in [0.717, 1.165) is 32.8 Å². The Balaban J connectivity index is 1.66. The molecule has 1 saturated heterocycles. The standard InChI is InChI=1S/C11H17N3O2/c15-11(10-2-1-3-12-10)13-4-5-14-6-8-16-9-7-14/h1-3,12H,4-9H2,(H,13,15). The van der Waals surface area contributed by atoms with E-state index in [-0.39, 0.29) is 5.91 Å². The molecule has 1 amide bonds. The van der Waals surface area contributed by atoms with Gasteiger partial charge in [0.25, 0.3) is 5.91 Å². The number of hydrogen-bond acceptors (Lipinski definition) is 3. The lowest BCUT2D eigenvalue weighted by atomic mass is 10.4. The molecule has 5 heteroatoms. The topological polar surface area (TPSA) is 57.4 Å². The predicted molar refractivity (Wildman–Crippen MR) is 60.4 cm³/mol. The van der Waals surface area contributed by atoms with Gasteiger partial charge >= 0.3 is 0 Å². The molecule has 0 radical (unpaired) electrons. The number of carbonyl (C=O) groups is 1. The van der Waals surface area contributed by atoms with E-state index < -0.39 is 0 Å². The summed E-state index contributed by atoms with van der Waals surface area (Å²) in [6, 6.07) is 3.58. The van der Waals surface area contributed by atoms with Gasteiger partial charge in [-0.05, 0) is 12.1 Å². The number of morpholine rings is 1. The highest BCUT2D eigenvalue weighted by Gasteiger charge is 2.10. The number of aromatic nitrogens is 1. The van der Waals surface area contributed by atoms with Gasteiger partial charge in [0.1, 0.15) is 5.69 Å². The van der Waals surface area contributed by atoms with E-state index in [9.17, 15) is 4.79 Å². The Morgan fingerprint density at radius 1 is 1.50 bits per heavy atom. The second-order valence-electron chi connectivity index (χ2n) is 3.79. The molecule has 2 N–H and O–H groups in total. The lowest BCUT2D eigenvalue weighted by Gasteiger charge is -2.26. The largest absolute Gasteiger partial charge is 0.379 e. The third-order valence-electron chi connectivity index (χ3n) is 2.66. The van der Waals surface area contributed by atoms with E-state index >= 15 is 0 Å². The van der Waals surface area contributed by atoms with Crippen molar-refractivity contribution in [3.05, 3.63) is 24.0 Å². The first-order chi connectivity index (χ1) is 7.86. The molecule has 1 aliphatic rings. The monoisotopic (exact) mass is 223 g/mol. The summed E-state index contributed by atoms with van der Waals surface area (Å²) in [5.41, 5.74) is 0.613. The Morgan fingerprint density at radius 2 is 2.31 bits per heavy atom. The highest BCUT2D eigenvalue weighted by Crippen LogP contribution is 1.96. The first-order valence-corrected chi connectivity index (χ1v) is 5.58. The molecule has 0 bridgehead atoms. The number of hydrogen-bond donors (Lipinski definition) is 2. The second kappa shape index (κ2) is 5.67. The molecule has 0 spiro atoms. The zero-order chi connectivity index (χ0) is 11.2. The lowest BCUT2D eigenvalue weighted by molar-refractivity contribution is 0.0383. The molecule has 1 aromatic heterocycles. The predicted octanol–water partition coefficient (Wildman–Crippen LogP) is 0.0767. The summed E-state index contributed by atoms with van der Waals surface area (Å²) < 4.78 is 5.25. The van der Waals surface area contributed by atoms with E-state index in [1.807, 2.05) is 6.07 Å². The van der Waals surface area contributed by atoms with Crippen LogP contribution in [0.1, 0.15) is 10.5 Å². The molecule has 0 aromatic carbocycles. The fourth-order valence-corrected chi connectivity index (χ4v) is 1.72. The van der Waals surface area contributed by atoms with Crippen molar-refractivity contribution in [1.82, 2.24) is 15.2 Å². The molecule has 2 heterocycles. The molecule has 0 aliphatic carbocycles. The fraction of sp³-hybridized carbons (Fsp3) is 0.545. The van der Waals surface area contributed by atoms with Crippen LogP contribution in [0.5, 0.6) is 0 Å². The average Bonchev–Trinajstić information content (AvgIpc) is 2.84. The summed E-state index contributed by atoms with van der Waals surface area (Å²) in [4.78, 5) is 16.7. The Kier molecular flexibility index (Phi) is 3.96. The molecular formula is C11H17N3O2. The van der Waals surface area contributed by atoms with Crippen LogP contribution in [0.2, 0.25) is 0 Å².